The Morgan fingerprint density at radius 3 is 2.64 bits per heavy atom. The molecule has 8 nitrogen and oxygen atoms in total. The maximum absolute atomic E-state index is 9.10. The number of carbonyl (C=O) groups is 2. The molecule has 0 aliphatic rings. The number of rotatable bonds is 5. The van der Waals surface area contributed by atoms with Crippen LogP contribution in [0.1, 0.15) is 18.4 Å². The molecule has 2 heterocycles. The van der Waals surface area contributed by atoms with E-state index in [0.717, 1.165) is 17.1 Å². The van der Waals surface area contributed by atoms with Gasteiger partial charge in [0, 0.05) is 0 Å². The number of aliphatic carboxylic acids is 2. The monoisotopic (exact) mass is 345 g/mol. The van der Waals surface area contributed by atoms with E-state index < -0.39 is 11.9 Å². The van der Waals surface area contributed by atoms with Crippen molar-refractivity contribution in [3.8, 4) is 10.7 Å². The van der Waals surface area contributed by atoms with Crippen molar-refractivity contribution in [1.82, 2.24) is 10.1 Å². The molecule has 1 atom stereocenters. The summed E-state index contributed by atoms with van der Waals surface area (Å²) >= 11 is 3.35. The van der Waals surface area contributed by atoms with Crippen LogP contribution in [-0.4, -0.2) is 44.3 Å². The van der Waals surface area contributed by atoms with Crippen molar-refractivity contribution in [2.75, 3.05) is 12.0 Å². The number of aromatic nitrogens is 2. The van der Waals surface area contributed by atoms with Crippen molar-refractivity contribution in [2.24, 2.45) is 5.73 Å². The van der Waals surface area contributed by atoms with Gasteiger partial charge in [0.2, 0.25) is 11.7 Å². The van der Waals surface area contributed by atoms with E-state index in [1.54, 1.807) is 23.1 Å². The normalized spacial score (nSPS) is 11.4. The number of hydrogen-bond acceptors (Lipinski definition) is 8. The lowest BCUT2D eigenvalue weighted by atomic mass is 10.2. The molecule has 0 saturated carbocycles. The minimum Gasteiger partial charge on any atom is -0.473 e. The molecule has 0 saturated heterocycles. The number of carboxylic acid groups (broad SMARTS) is 2. The molecule has 2 aromatic rings. The summed E-state index contributed by atoms with van der Waals surface area (Å²) in [6.07, 6.45) is 2.91. The molecule has 0 aromatic carbocycles. The van der Waals surface area contributed by atoms with Gasteiger partial charge in [0.05, 0.1) is 10.9 Å². The summed E-state index contributed by atoms with van der Waals surface area (Å²) in [7, 11) is 0. The Morgan fingerprint density at radius 2 is 2.14 bits per heavy atom. The van der Waals surface area contributed by atoms with Gasteiger partial charge < -0.3 is 20.5 Å². The molecule has 0 radical (unpaired) electrons. The molecule has 10 heteroatoms. The number of carboxylic acids is 2. The van der Waals surface area contributed by atoms with E-state index in [2.05, 4.69) is 16.4 Å². The van der Waals surface area contributed by atoms with Gasteiger partial charge in [-0.25, -0.2) is 9.59 Å². The van der Waals surface area contributed by atoms with E-state index >= 15 is 0 Å². The largest absolute Gasteiger partial charge is 0.473 e. The molecule has 0 fully saturated rings. The second-order valence-electron chi connectivity index (χ2n) is 3.93. The Labute approximate surface area is 134 Å². The van der Waals surface area contributed by atoms with Crippen LogP contribution in [0.5, 0.6) is 0 Å². The minimum absolute atomic E-state index is 0.159. The highest BCUT2D eigenvalue weighted by Crippen LogP contribution is 2.23. The van der Waals surface area contributed by atoms with Crippen LogP contribution in [0.4, 0.5) is 0 Å². The lowest BCUT2D eigenvalue weighted by Gasteiger charge is -2.03. The molecule has 22 heavy (non-hydrogen) atoms. The smallest absolute Gasteiger partial charge is 0.414 e. The SMILES string of the molecule is CSCCC(N)c1nc(-c2cccs2)no1.O=C(O)C(=O)O. The summed E-state index contributed by atoms with van der Waals surface area (Å²) in [5.74, 6) is -1.50. The zero-order valence-corrected chi connectivity index (χ0v) is 13.3. The Hall–Kier alpha value is -1.91. The van der Waals surface area contributed by atoms with Crippen LogP contribution in [-0.2, 0) is 9.59 Å². The molecule has 120 valence electrons. The molecule has 2 aromatic heterocycles. The highest BCUT2D eigenvalue weighted by Gasteiger charge is 2.15. The summed E-state index contributed by atoms with van der Waals surface area (Å²) in [5.41, 5.74) is 5.94. The van der Waals surface area contributed by atoms with Crippen molar-refractivity contribution in [3.63, 3.8) is 0 Å². The first kappa shape index (κ1) is 18.1. The quantitative estimate of drug-likeness (QED) is 0.691. The standard InChI is InChI=1S/C10H13N3OS2.C2H2O4/c1-15-6-4-7(11)10-12-9(13-14-10)8-3-2-5-16-8;3-1(4)2(5)6/h2-3,5,7H,4,6,11H2,1H3;(H,3,4)(H,5,6). The van der Waals surface area contributed by atoms with Crippen LogP contribution in [0.3, 0.4) is 0 Å². The van der Waals surface area contributed by atoms with Crippen molar-refractivity contribution in [2.45, 2.75) is 12.5 Å². The van der Waals surface area contributed by atoms with Crippen molar-refractivity contribution in [3.05, 3.63) is 23.4 Å². The highest BCUT2D eigenvalue weighted by atomic mass is 32.2. The van der Waals surface area contributed by atoms with E-state index in [0.29, 0.717) is 11.7 Å². The summed E-state index contributed by atoms with van der Waals surface area (Å²) < 4.78 is 5.16. The summed E-state index contributed by atoms with van der Waals surface area (Å²) in [6, 6.07) is 3.77. The first-order valence-electron chi connectivity index (χ1n) is 6.04. The Morgan fingerprint density at radius 1 is 1.45 bits per heavy atom. The van der Waals surface area contributed by atoms with E-state index in [1.165, 1.54) is 0 Å². The number of hydrogen-bond donors (Lipinski definition) is 3. The number of thiophene rings is 1. The van der Waals surface area contributed by atoms with Gasteiger partial charge in [-0.15, -0.1) is 11.3 Å². The van der Waals surface area contributed by atoms with Crippen LogP contribution < -0.4 is 5.73 Å². The molecule has 0 aliphatic carbocycles. The minimum atomic E-state index is -1.82. The molecule has 1 unspecified atom stereocenters. The van der Waals surface area contributed by atoms with Gasteiger partial charge in [-0.1, -0.05) is 11.2 Å². The predicted octanol–water partition coefficient (Wildman–Crippen LogP) is 1.71. The maximum atomic E-state index is 9.10. The van der Waals surface area contributed by atoms with Crippen LogP contribution in [0.25, 0.3) is 10.7 Å². The third-order valence-corrected chi connectivity index (χ3v) is 3.83. The average Bonchev–Trinajstić information content (AvgIpc) is 3.15. The van der Waals surface area contributed by atoms with Crippen LogP contribution in [0.2, 0.25) is 0 Å². The zero-order chi connectivity index (χ0) is 16.5. The van der Waals surface area contributed by atoms with Crippen LogP contribution >= 0.6 is 23.1 Å². The van der Waals surface area contributed by atoms with E-state index in [4.69, 9.17) is 30.1 Å². The van der Waals surface area contributed by atoms with E-state index in [-0.39, 0.29) is 6.04 Å². The Balaban J connectivity index is 0.000000346. The van der Waals surface area contributed by atoms with Gasteiger partial charge in [-0.2, -0.15) is 16.7 Å². The van der Waals surface area contributed by atoms with Crippen LogP contribution in [0, 0.1) is 0 Å². The third kappa shape index (κ3) is 5.84. The van der Waals surface area contributed by atoms with E-state index in [9.17, 15) is 0 Å². The summed E-state index contributed by atoms with van der Waals surface area (Å²) in [4.78, 5) is 23.5. The molecule has 2 rings (SSSR count). The maximum Gasteiger partial charge on any atom is 0.414 e. The van der Waals surface area contributed by atoms with Gasteiger partial charge in [-0.3, -0.25) is 0 Å². The first-order valence-corrected chi connectivity index (χ1v) is 8.31. The highest BCUT2D eigenvalue weighted by molar-refractivity contribution is 7.98. The Bertz CT molecular complexity index is 588. The first-order chi connectivity index (χ1) is 10.5. The summed E-state index contributed by atoms with van der Waals surface area (Å²) in [5, 5.41) is 20.7. The predicted molar refractivity (Wildman–Crippen MR) is 82.8 cm³/mol. The van der Waals surface area contributed by atoms with Crippen molar-refractivity contribution < 1.29 is 24.3 Å². The van der Waals surface area contributed by atoms with Crippen molar-refractivity contribution in [1.29, 1.82) is 0 Å². The second-order valence-corrected chi connectivity index (χ2v) is 5.87. The molecular formula is C12H15N3O5S2. The molecule has 0 spiro atoms. The van der Waals surface area contributed by atoms with Crippen LogP contribution in [0.15, 0.2) is 22.0 Å². The van der Waals surface area contributed by atoms with Gasteiger partial charge in [0.25, 0.3) is 0 Å². The zero-order valence-electron chi connectivity index (χ0n) is 11.6. The fourth-order valence-corrected chi connectivity index (χ4v) is 2.40. The molecular weight excluding hydrogens is 330 g/mol. The topological polar surface area (TPSA) is 140 Å². The number of nitrogens with two attached hydrogens (primary N) is 1. The van der Waals surface area contributed by atoms with Crippen molar-refractivity contribution >= 4 is 35.0 Å². The number of thioether (sulfide) groups is 1. The third-order valence-electron chi connectivity index (χ3n) is 2.32. The van der Waals surface area contributed by atoms with E-state index in [1.807, 2.05) is 17.5 Å². The molecule has 4 N–H and O–H groups in total. The van der Waals surface area contributed by atoms with Gasteiger partial charge in [0.1, 0.15) is 0 Å². The van der Waals surface area contributed by atoms with Gasteiger partial charge >= 0.3 is 11.9 Å². The van der Waals surface area contributed by atoms with Gasteiger partial charge in [-0.05, 0) is 29.9 Å². The lowest BCUT2D eigenvalue weighted by molar-refractivity contribution is -0.159. The molecule has 0 bridgehead atoms. The fourth-order valence-electron chi connectivity index (χ4n) is 1.26. The average molecular weight is 345 g/mol. The molecule has 0 amide bonds. The second kappa shape index (κ2) is 9.18. The lowest BCUT2D eigenvalue weighted by Crippen LogP contribution is -2.11. The Kier molecular flexibility index (Phi) is 7.57. The molecule has 0 aliphatic heterocycles. The fraction of sp³-hybridized carbons (Fsp3) is 0.333. The van der Waals surface area contributed by atoms with Gasteiger partial charge in [0.15, 0.2) is 0 Å². The number of nitrogens with zero attached hydrogens (tertiary/aromatic N) is 2. The summed E-state index contributed by atoms with van der Waals surface area (Å²) in [6.45, 7) is 0.